The van der Waals surface area contributed by atoms with Crippen LogP contribution in [0.15, 0.2) is 6.20 Å². The summed E-state index contributed by atoms with van der Waals surface area (Å²) in [5, 5.41) is 3.57. The molecule has 0 aliphatic carbocycles. The van der Waals surface area contributed by atoms with Crippen LogP contribution >= 0.6 is 0 Å². The van der Waals surface area contributed by atoms with Gasteiger partial charge in [0.15, 0.2) is 5.82 Å². The molecule has 1 aromatic rings. The summed E-state index contributed by atoms with van der Waals surface area (Å²) in [6, 6.07) is 0. The number of nitrogen functional groups attached to an aromatic ring is 1. The monoisotopic (exact) mass is 219 g/mol. The number of esters is 1. The van der Waals surface area contributed by atoms with Crippen molar-refractivity contribution in [3.05, 3.63) is 11.8 Å². The van der Waals surface area contributed by atoms with Gasteiger partial charge in [-0.2, -0.15) is 5.10 Å². The molecular formula is C8H11F2N3O2. The Balaban J connectivity index is 2.81. The van der Waals surface area contributed by atoms with Gasteiger partial charge in [0.2, 0.25) is 0 Å². The first-order valence-corrected chi connectivity index (χ1v) is 4.32. The zero-order chi connectivity index (χ0) is 11.4. The molecular weight excluding hydrogens is 208 g/mol. The van der Waals surface area contributed by atoms with Crippen LogP contribution in [0.25, 0.3) is 0 Å². The standard InChI is InChI=1S/C8H11F2N3O2/c1-2-15-8(14)5-3-13(4-6(9)10)12-7(5)11/h3,6H,2,4H2,1H3,(H2,11,12). The summed E-state index contributed by atoms with van der Waals surface area (Å²) in [5.74, 6) is -0.760. The molecule has 0 aliphatic rings. The number of anilines is 1. The second-order valence-electron chi connectivity index (χ2n) is 2.76. The molecule has 15 heavy (non-hydrogen) atoms. The number of nitrogens with two attached hydrogens (primary N) is 1. The number of rotatable bonds is 4. The second-order valence-corrected chi connectivity index (χ2v) is 2.76. The van der Waals surface area contributed by atoms with Crippen molar-refractivity contribution in [2.24, 2.45) is 0 Å². The topological polar surface area (TPSA) is 70.1 Å². The van der Waals surface area contributed by atoms with Gasteiger partial charge in [-0.1, -0.05) is 0 Å². The maximum atomic E-state index is 12.0. The number of ether oxygens (including phenoxy) is 1. The Morgan fingerprint density at radius 1 is 1.73 bits per heavy atom. The fraction of sp³-hybridized carbons (Fsp3) is 0.500. The van der Waals surface area contributed by atoms with E-state index < -0.39 is 18.9 Å². The highest BCUT2D eigenvalue weighted by atomic mass is 19.3. The lowest BCUT2D eigenvalue weighted by molar-refractivity contribution is 0.0526. The fourth-order valence-corrected chi connectivity index (χ4v) is 1.04. The van der Waals surface area contributed by atoms with Gasteiger partial charge in [-0.25, -0.2) is 13.6 Å². The predicted octanol–water partition coefficient (Wildman–Crippen LogP) is 0.907. The highest BCUT2D eigenvalue weighted by molar-refractivity contribution is 5.93. The van der Waals surface area contributed by atoms with Crippen molar-refractivity contribution in [3.8, 4) is 0 Å². The van der Waals surface area contributed by atoms with Gasteiger partial charge in [0, 0.05) is 6.20 Å². The van der Waals surface area contributed by atoms with E-state index in [0.717, 1.165) is 10.9 Å². The first-order valence-electron chi connectivity index (χ1n) is 4.32. The van der Waals surface area contributed by atoms with E-state index in [0.29, 0.717) is 0 Å². The van der Waals surface area contributed by atoms with Crippen LogP contribution in [-0.4, -0.2) is 28.8 Å². The van der Waals surface area contributed by atoms with E-state index in [1.54, 1.807) is 6.92 Å². The number of halogens is 2. The summed E-state index contributed by atoms with van der Waals surface area (Å²) in [4.78, 5) is 11.2. The lowest BCUT2D eigenvalue weighted by Gasteiger charge is -1.98. The van der Waals surface area contributed by atoms with Crippen LogP contribution in [0.2, 0.25) is 0 Å². The van der Waals surface area contributed by atoms with Crippen LogP contribution in [0, 0.1) is 0 Å². The molecule has 0 unspecified atom stereocenters. The third kappa shape index (κ3) is 2.90. The zero-order valence-corrected chi connectivity index (χ0v) is 8.11. The van der Waals surface area contributed by atoms with Crippen molar-refractivity contribution in [2.75, 3.05) is 12.3 Å². The minimum atomic E-state index is -2.54. The minimum Gasteiger partial charge on any atom is -0.462 e. The van der Waals surface area contributed by atoms with Crippen molar-refractivity contribution in [3.63, 3.8) is 0 Å². The molecule has 1 heterocycles. The second kappa shape index (κ2) is 4.72. The summed E-state index contributed by atoms with van der Waals surface area (Å²) >= 11 is 0. The highest BCUT2D eigenvalue weighted by Gasteiger charge is 2.16. The van der Waals surface area contributed by atoms with Crippen LogP contribution in [0.1, 0.15) is 17.3 Å². The van der Waals surface area contributed by atoms with E-state index in [4.69, 9.17) is 5.73 Å². The number of hydrogen-bond donors (Lipinski definition) is 1. The molecule has 0 aromatic carbocycles. The summed E-state index contributed by atoms with van der Waals surface area (Å²) in [6.45, 7) is 1.24. The average Bonchev–Trinajstić information content (AvgIpc) is 2.46. The van der Waals surface area contributed by atoms with Crippen molar-refractivity contribution >= 4 is 11.8 Å². The van der Waals surface area contributed by atoms with Crippen molar-refractivity contribution in [1.29, 1.82) is 0 Å². The molecule has 0 bridgehead atoms. The number of alkyl halides is 2. The van der Waals surface area contributed by atoms with Crippen LogP contribution in [-0.2, 0) is 11.3 Å². The Hall–Kier alpha value is -1.66. The van der Waals surface area contributed by atoms with Crippen LogP contribution in [0.4, 0.5) is 14.6 Å². The van der Waals surface area contributed by atoms with E-state index in [-0.39, 0.29) is 18.0 Å². The first kappa shape index (κ1) is 11.4. The Kier molecular flexibility index (Phi) is 3.59. The Bertz CT molecular complexity index is 352. The Morgan fingerprint density at radius 2 is 2.40 bits per heavy atom. The van der Waals surface area contributed by atoms with Gasteiger partial charge < -0.3 is 10.5 Å². The van der Waals surface area contributed by atoms with Crippen LogP contribution in [0.3, 0.4) is 0 Å². The third-order valence-electron chi connectivity index (χ3n) is 1.61. The lowest BCUT2D eigenvalue weighted by atomic mass is 10.3. The van der Waals surface area contributed by atoms with Gasteiger partial charge >= 0.3 is 5.97 Å². The van der Waals surface area contributed by atoms with Crippen LogP contribution in [0.5, 0.6) is 0 Å². The summed E-state index contributed by atoms with van der Waals surface area (Å²) < 4.78 is 29.6. The highest BCUT2D eigenvalue weighted by Crippen LogP contribution is 2.11. The average molecular weight is 219 g/mol. The van der Waals surface area contributed by atoms with Gasteiger partial charge in [0.25, 0.3) is 6.43 Å². The number of aromatic nitrogens is 2. The Morgan fingerprint density at radius 3 is 2.93 bits per heavy atom. The van der Waals surface area contributed by atoms with Crippen molar-refractivity contribution in [1.82, 2.24) is 9.78 Å². The molecule has 0 radical (unpaired) electrons. The molecule has 0 spiro atoms. The molecule has 0 atom stereocenters. The normalized spacial score (nSPS) is 10.7. The molecule has 0 saturated carbocycles. The Labute approximate surface area is 84.8 Å². The summed E-state index contributed by atoms with van der Waals surface area (Å²) in [5.41, 5.74) is 5.38. The number of carbonyl (C=O) groups excluding carboxylic acids is 1. The number of nitrogens with zero attached hydrogens (tertiary/aromatic N) is 2. The molecule has 1 aromatic heterocycles. The molecule has 0 fully saturated rings. The largest absolute Gasteiger partial charge is 0.462 e. The van der Waals surface area contributed by atoms with Gasteiger partial charge in [0.05, 0.1) is 6.61 Å². The predicted molar refractivity (Wildman–Crippen MR) is 48.6 cm³/mol. The van der Waals surface area contributed by atoms with E-state index in [1.807, 2.05) is 0 Å². The maximum absolute atomic E-state index is 12.0. The smallest absolute Gasteiger partial charge is 0.343 e. The molecule has 7 heteroatoms. The molecule has 5 nitrogen and oxygen atoms in total. The lowest BCUT2D eigenvalue weighted by Crippen LogP contribution is -2.07. The van der Waals surface area contributed by atoms with Gasteiger partial charge in [0.1, 0.15) is 12.1 Å². The van der Waals surface area contributed by atoms with Gasteiger partial charge in [-0.05, 0) is 6.92 Å². The molecule has 0 saturated heterocycles. The third-order valence-corrected chi connectivity index (χ3v) is 1.61. The molecule has 1 rings (SSSR count). The molecule has 0 aliphatic heterocycles. The van der Waals surface area contributed by atoms with Gasteiger partial charge in [-0.3, -0.25) is 4.68 Å². The molecule has 0 amide bonds. The summed E-state index contributed by atoms with van der Waals surface area (Å²) in [7, 11) is 0. The van der Waals surface area contributed by atoms with Gasteiger partial charge in [-0.15, -0.1) is 0 Å². The molecule has 84 valence electrons. The van der Waals surface area contributed by atoms with Crippen LogP contribution < -0.4 is 5.73 Å². The maximum Gasteiger partial charge on any atom is 0.343 e. The zero-order valence-electron chi connectivity index (χ0n) is 8.11. The SMILES string of the molecule is CCOC(=O)c1cn(CC(F)F)nc1N. The van der Waals surface area contributed by atoms with E-state index >= 15 is 0 Å². The number of carbonyl (C=O) groups is 1. The fourth-order valence-electron chi connectivity index (χ4n) is 1.04. The van der Waals surface area contributed by atoms with Crippen molar-refractivity contribution < 1.29 is 18.3 Å². The van der Waals surface area contributed by atoms with E-state index in [2.05, 4.69) is 9.84 Å². The quantitative estimate of drug-likeness (QED) is 0.764. The minimum absolute atomic E-state index is 0.0116. The molecule has 2 N–H and O–H groups in total. The first-order chi connectivity index (χ1) is 7.04. The van der Waals surface area contributed by atoms with Crippen molar-refractivity contribution in [2.45, 2.75) is 19.9 Å². The van der Waals surface area contributed by atoms with E-state index in [9.17, 15) is 13.6 Å². The number of hydrogen-bond acceptors (Lipinski definition) is 4. The summed E-state index contributed by atoms with van der Waals surface area (Å²) in [6.07, 6.45) is -1.39. The van der Waals surface area contributed by atoms with E-state index in [1.165, 1.54) is 0 Å².